The molecule has 0 heterocycles. The maximum Gasteiger partial charge on any atom is 1.00 e. The van der Waals surface area contributed by atoms with Crippen LogP contribution < -0.4 is 62.4 Å². The fourth-order valence-electron chi connectivity index (χ4n) is 0.454. The Labute approximate surface area is 120 Å². The summed E-state index contributed by atoms with van der Waals surface area (Å²) >= 11 is 0. The van der Waals surface area contributed by atoms with Crippen molar-refractivity contribution in [3.05, 3.63) is 20.2 Å². The molecule has 11 heteroatoms. The van der Waals surface area contributed by atoms with Crippen molar-refractivity contribution >= 4 is 11.9 Å². The van der Waals surface area contributed by atoms with Crippen molar-refractivity contribution in [3.8, 4) is 0 Å². The van der Waals surface area contributed by atoms with Crippen molar-refractivity contribution in [2.24, 2.45) is 5.73 Å². The molecule has 74 valence electrons. The van der Waals surface area contributed by atoms with Crippen LogP contribution in [0.25, 0.3) is 0 Å². The minimum Gasteiger partial charge on any atom is -1.00 e. The number of hydrogen-bond acceptors (Lipinski definition) is 6. The summed E-state index contributed by atoms with van der Waals surface area (Å²) in [5.41, 5.74) is 4.42. The molecule has 0 aromatic heterocycles. The van der Waals surface area contributed by atoms with Gasteiger partial charge in [-0.05, 0) is 0 Å². The van der Waals surface area contributed by atoms with E-state index in [1.165, 1.54) is 5.32 Å². The van der Waals surface area contributed by atoms with Crippen LogP contribution >= 0.6 is 0 Å². The number of nitro groups is 2. The van der Waals surface area contributed by atoms with Crippen LogP contribution in [0.5, 0.6) is 0 Å². The van der Waals surface area contributed by atoms with Crippen LogP contribution in [0.2, 0.25) is 0 Å². The van der Waals surface area contributed by atoms with Gasteiger partial charge in [-0.25, -0.2) is 4.79 Å². The summed E-state index contributed by atoms with van der Waals surface area (Å²) in [6, 6.07) is -1.39. The number of carbonyl (C=O) groups excluding carboxylic acids is 2. The van der Waals surface area contributed by atoms with E-state index < -0.39 is 28.0 Å². The SMILES string of the molecule is NC(=O)NC(=O)C([N+](=O)[O-])[N+](=O)[O-].[H-].[K+]. The number of carbonyl (C=O) groups is 2. The Kier molecular flexibility index (Phi) is 7.66. The molecule has 0 radical (unpaired) electrons. The third-order valence-electron chi connectivity index (χ3n) is 0.880. The quantitative estimate of drug-likeness (QED) is 0.215. The zero-order chi connectivity index (χ0) is 10.6. The average molecular weight is 232 g/mol. The molecule has 0 aliphatic rings. The van der Waals surface area contributed by atoms with Crippen LogP contribution in [0.1, 0.15) is 1.43 Å². The number of urea groups is 1. The van der Waals surface area contributed by atoms with Gasteiger partial charge in [0.1, 0.15) is 9.85 Å². The van der Waals surface area contributed by atoms with E-state index in [-0.39, 0.29) is 52.8 Å². The maximum atomic E-state index is 10.5. The van der Waals surface area contributed by atoms with Gasteiger partial charge in [-0.1, -0.05) is 0 Å². The summed E-state index contributed by atoms with van der Waals surface area (Å²) < 4.78 is 0. The predicted octanol–water partition coefficient (Wildman–Crippen LogP) is -4.82. The van der Waals surface area contributed by atoms with Crippen molar-refractivity contribution in [2.75, 3.05) is 0 Å². The van der Waals surface area contributed by atoms with Gasteiger partial charge in [-0.3, -0.25) is 30.3 Å². The fourth-order valence-corrected chi connectivity index (χ4v) is 0.454. The normalized spacial score (nSPS) is 8.64. The van der Waals surface area contributed by atoms with Crippen LogP contribution in [-0.4, -0.2) is 28.0 Å². The van der Waals surface area contributed by atoms with Gasteiger partial charge in [0.25, 0.3) is 0 Å². The van der Waals surface area contributed by atoms with Crippen LogP contribution in [0.15, 0.2) is 0 Å². The molecular formula is C3H5KN4O6. The predicted molar refractivity (Wildman–Crippen MR) is 36.6 cm³/mol. The van der Waals surface area contributed by atoms with E-state index in [2.05, 4.69) is 5.73 Å². The van der Waals surface area contributed by atoms with E-state index in [1.807, 2.05) is 0 Å². The molecule has 0 rings (SSSR count). The molecule has 0 aliphatic heterocycles. The second kappa shape index (κ2) is 6.77. The number of amides is 3. The van der Waals surface area contributed by atoms with Crippen LogP contribution in [0, 0.1) is 20.2 Å². The van der Waals surface area contributed by atoms with Crippen molar-refractivity contribution in [2.45, 2.75) is 6.17 Å². The van der Waals surface area contributed by atoms with Crippen molar-refractivity contribution in [1.82, 2.24) is 5.32 Å². The Morgan fingerprint density at radius 2 is 1.64 bits per heavy atom. The molecule has 10 nitrogen and oxygen atoms in total. The Morgan fingerprint density at radius 3 is 1.86 bits per heavy atom. The summed E-state index contributed by atoms with van der Waals surface area (Å²) in [5.74, 6) is -1.68. The van der Waals surface area contributed by atoms with Gasteiger partial charge in [-0.2, -0.15) is 0 Å². The van der Waals surface area contributed by atoms with Crippen LogP contribution in [0.3, 0.4) is 0 Å². The van der Waals surface area contributed by atoms with Crippen molar-refractivity contribution in [1.29, 1.82) is 0 Å². The van der Waals surface area contributed by atoms with Gasteiger partial charge in [0.15, 0.2) is 0 Å². The van der Waals surface area contributed by atoms with E-state index >= 15 is 0 Å². The Bertz CT molecular complexity index is 270. The molecule has 0 spiro atoms. The topological polar surface area (TPSA) is 158 Å². The molecular weight excluding hydrogens is 227 g/mol. The monoisotopic (exact) mass is 232 g/mol. The minimum atomic E-state index is -2.72. The third kappa shape index (κ3) is 5.18. The zero-order valence-corrected chi connectivity index (χ0v) is 10.1. The summed E-state index contributed by atoms with van der Waals surface area (Å²) in [4.78, 5) is 37.5. The summed E-state index contributed by atoms with van der Waals surface area (Å²) in [6.07, 6.45) is -2.72. The number of imide groups is 1. The molecule has 0 fully saturated rings. The van der Waals surface area contributed by atoms with Crippen molar-refractivity contribution in [3.63, 3.8) is 0 Å². The molecule has 0 saturated heterocycles. The molecule has 0 aromatic carbocycles. The van der Waals surface area contributed by atoms with Gasteiger partial charge in [0.05, 0.1) is 0 Å². The Morgan fingerprint density at radius 1 is 1.29 bits per heavy atom. The number of nitrogens with zero attached hydrogens (tertiary/aromatic N) is 2. The number of rotatable bonds is 3. The minimum absolute atomic E-state index is 0. The van der Waals surface area contributed by atoms with Crippen LogP contribution in [-0.2, 0) is 4.79 Å². The van der Waals surface area contributed by atoms with Gasteiger partial charge in [0.2, 0.25) is 0 Å². The summed E-state index contributed by atoms with van der Waals surface area (Å²) in [6.45, 7) is 0. The van der Waals surface area contributed by atoms with Crippen LogP contribution in [0.4, 0.5) is 4.79 Å². The first kappa shape index (κ1) is 15.8. The molecule has 0 unspecified atom stereocenters. The second-order valence-electron chi connectivity index (χ2n) is 1.80. The first-order chi connectivity index (χ1) is 5.86. The second-order valence-corrected chi connectivity index (χ2v) is 1.80. The molecule has 14 heavy (non-hydrogen) atoms. The summed E-state index contributed by atoms with van der Waals surface area (Å²) in [5, 5.41) is 21.1. The smallest absolute Gasteiger partial charge is 1.00 e. The number of hydrogen-bond donors (Lipinski definition) is 2. The molecule has 0 aliphatic carbocycles. The maximum absolute atomic E-state index is 10.5. The molecule has 0 bridgehead atoms. The van der Waals surface area contributed by atoms with Gasteiger partial charge in [0, 0.05) is 0 Å². The molecule has 0 atom stereocenters. The Hall–Kier alpha value is -0.624. The standard InChI is InChI=1S/C3H4N4O6.K.H/c4-3(9)5-1(8)2(6(10)11)7(12)13;;/h2H,(H3,4,5,8,9);;/q;+1;-1. The van der Waals surface area contributed by atoms with E-state index in [1.54, 1.807) is 0 Å². The average Bonchev–Trinajstić information content (AvgIpc) is 1.81. The van der Waals surface area contributed by atoms with Gasteiger partial charge < -0.3 is 7.16 Å². The van der Waals surface area contributed by atoms with E-state index in [4.69, 9.17) is 0 Å². The molecule has 3 amide bonds. The van der Waals surface area contributed by atoms with Crippen molar-refractivity contribution < 1.29 is 72.2 Å². The molecule has 0 aromatic rings. The van der Waals surface area contributed by atoms with E-state index in [0.29, 0.717) is 0 Å². The largest absolute Gasteiger partial charge is 1.00 e. The molecule has 3 N–H and O–H groups in total. The van der Waals surface area contributed by atoms with Gasteiger partial charge >= 0.3 is 69.5 Å². The van der Waals surface area contributed by atoms with E-state index in [9.17, 15) is 29.8 Å². The first-order valence-corrected chi connectivity index (χ1v) is 2.73. The first-order valence-electron chi connectivity index (χ1n) is 2.73. The van der Waals surface area contributed by atoms with Gasteiger partial charge in [-0.15, -0.1) is 0 Å². The third-order valence-corrected chi connectivity index (χ3v) is 0.880. The number of nitrogens with one attached hydrogen (secondary N) is 1. The number of nitrogens with two attached hydrogens (primary N) is 1. The molecule has 0 saturated carbocycles. The zero-order valence-electron chi connectivity index (χ0n) is 8.00. The summed E-state index contributed by atoms with van der Waals surface area (Å²) in [7, 11) is 0. The fraction of sp³-hybridized carbons (Fsp3) is 0.333. The Balaban J connectivity index is -0.000000720. The van der Waals surface area contributed by atoms with E-state index in [0.717, 1.165) is 0 Å². The number of primary amides is 1.